The third kappa shape index (κ3) is 5.30. The van der Waals surface area contributed by atoms with E-state index in [1.807, 2.05) is 60.7 Å². The van der Waals surface area contributed by atoms with Crippen molar-refractivity contribution in [3.8, 4) is 45.7 Å². The van der Waals surface area contributed by atoms with E-state index in [4.69, 9.17) is 19.7 Å². The SMILES string of the molecule is CCCCCCOc1cc(O)ccc1-c1nc(-c2ccccc2)nc(-c2ccccc2)n1. The molecule has 4 rings (SSSR count). The van der Waals surface area contributed by atoms with Crippen molar-refractivity contribution in [1.82, 2.24) is 15.0 Å². The summed E-state index contributed by atoms with van der Waals surface area (Å²) in [5.41, 5.74) is 2.55. The molecular weight excluding hydrogens is 398 g/mol. The highest BCUT2D eigenvalue weighted by molar-refractivity contribution is 5.70. The number of nitrogens with zero attached hydrogens (tertiary/aromatic N) is 3. The lowest BCUT2D eigenvalue weighted by Gasteiger charge is -2.13. The van der Waals surface area contributed by atoms with Crippen LogP contribution in [0.1, 0.15) is 32.6 Å². The second-order valence-corrected chi connectivity index (χ2v) is 7.63. The summed E-state index contributed by atoms with van der Waals surface area (Å²) in [7, 11) is 0. The van der Waals surface area contributed by atoms with Crippen molar-refractivity contribution in [3.05, 3.63) is 78.9 Å². The molecule has 3 aromatic carbocycles. The lowest BCUT2D eigenvalue weighted by Crippen LogP contribution is -2.03. The van der Waals surface area contributed by atoms with Crippen LogP contribution in [0.3, 0.4) is 0 Å². The molecule has 0 saturated heterocycles. The topological polar surface area (TPSA) is 68.1 Å². The third-order valence-electron chi connectivity index (χ3n) is 5.16. The number of phenols is 1. The molecule has 1 aromatic heterocycles. The Labute approximate surface area is 188 Å². The predicted octanol–water partition coefficient (Wildman–Crippen LogP) is 6.54. The number of unbranched alkanes of at least 4 members (excludes halogenated alkanes) is 3. The minimum atomic E-state index is 0.151. The lowest BCUT2D eigenvalue weighted by molar-refractivity contribution is 0.304. The Bertz CT molecular complexity index is 1090. The van der Waals surface area contributed by atoms with Crippen molar-refractivity contribution in [2.24, 2.45) is 0 Å². The maximum atomic E-state index is 10.1. The molecule has 0 radical (unpaired) electrons. The van der Waals surface area contributed by atoms with Gasteiger partial charge in [-0.2, -0.15) is 0 Å². The molecule has 5 heteroatoms. The first kappa shape index (κ1) is 21.5. The Hall–Kier alpha value is -3.73. The monoisotopic (exact) mass is 425 g/mol. The van der Waals surface area contributed by atoms with Crippen molar-refractivity contribution in [2.75, 3.05) is 6.61 Å². The van der Waals surface area contributed by atoms with E-state index in [9.17, 15) is 5.11 Å². The van der Waals surface area contributed by atoms with Crippen molar-refractivity contribution >= 4 is 0 Å². The van der Waals surface area contributed by atoms with Crippen LogP contribution in [0.15, 0.2) is 78.9 Å². The van der Waals surface area contributed by atoms with E-state index >= 15 is 0 Å². The maximum absolute atomic E-state index is 10.1. The van der Waals surface area contributed by atoms with Crippen LogP contribution >= 0.6 is 0 Å². The standard InChI is InChI=1S/C27H27N3O2/c1-2-3-4-11-18-32-24-19-22(31)16-17-23(24)27-29-25(20-12-7-5-8-13-20)28-26(30-27)21-14-9-6-10-15-21/h5-10,12-17,19,31H,2-4,11,18H2,1H3. The van der Waals surface area contributed by atoms with Gasteiger partial charge in [0.15, 0.2) is 17.5 Å². The van der Waals surface area contributed by atoms with Crippen LogP contribution in [0.25, 0.3) is 34.2 Å². The Morgan fingerprint density at radius 3 is 1.88 bits per heavy atom. The molecule has 0 saturated carbocycles. The van der Waals surface area contributed by atoms with E-state index < -0.39 is 0 Å². The van der Waals surface area contributed by atoms with Gasteiger partial charge in [-0.1, -0.05) is 86.8 Å². The molecule has 1 N–H and O–H groups in total. The van der Waals surface area contributed by atoms with Gasteiger partial charge in [0.25, 0.3) is 0 Å². The normalized spacial score (nSPS) is 10.8. The summed E-state index contributed by atoms with van der Waals surface area (Å²) in [4.78, 5) is 14.3. The highest BCUT2D eigenvalue weighted by atomic mass is 16.5. The van der Waals surface area contributed by atoms with Crippen molar-refractivity contribution in [3.63, 3.8) is 0 Å². The second kappa shape index (κ2) is 10.5. The zero-order valence-electron chi connectivity index (χ0n) is 18.2. The van der Waals surface area contributed by atoms with Crippen LogP contribution in [0, 0.1) is 0 Å². The Morgan fingerprint density at radius 2 is 1.28 bits per heavy atom. The van der Waals surface area contributed by atoms with E-state index in [0.717, 1.165) is 29.5 Å². The zero-order valence-corrected chi connectivity index (χ0v) is 18.2. The number of hydrogen-bond acceptors (Lipinski definition) is 5. The van der Waals surface area contributed by atoms with Crippen LogP contribution < -0.4 is 4.74 Å². The number of ether oxygens (including phenoxy) is 1. The van der Waals surface area contributed by atoms with Gasteiger partial charge >= 0.3 is 0 Å². The first-order chi connectivity index (χ1) is 15.7. The fraction of sp³-hybridized carbons (Fsp3) is 0.222. The number of rotatable bonds is 9. The maximum Gasteiger partial charge on any atom is 0.167 e. The molecule has 0 unspecified atom stereocenters. The van der Waals surface area contributed by atoms with E-state index in [-0.39, 0.29) is 5.75 Å². The van der Waals surface area contributed by atoms with Crippen molar-refractivity contribution < 1.29 is 9.84 Å². The fourth-order valence-electron chi connectivity index (χ4n) is 3.46. The lowest BCUT2D eigenvalue weighted by atomic mass is 10.1. The van der Waals surface area contributed by atoms with Gasteiger partial charge in [-0.15, -0.1) is 0 Å². The quantitative estimate of drug-likeness (QED) is 0.309. The van der Waals surface area contributed by atoms with Crippen molar-refractivity contribution in [2.45, 2.75) is 32.6 Å². The fourth-order valence-corrected chi connectivity index (χ4v) is 3.46. The summed E-state index contributed by atoms with van der Waals surface area (Å²) in [6, 6.07) is 24.8. The molecule has 32 heavy (non-hydrogen) atoms. The number of aromatic hydroxyl groups is 1. The van der Waals surface area contributed by atoms with Gasteiger partial charge in [0.2, 0.25) is 0 Å². The van der Waals surface area contributed by atoms with Crippen LogP contribution in [0.5, 0.6) is 11.5 Å². The van der Waals surface area contributed by atoms with Crippen LogP contribution in [-0.2, 0) is 0 Å². The first-order valence-electron chi connectivity index (χ1n) is 11.1. The summed E-state index contributed by atoms with van der Waals surface area (Å²) in [5.74, 6) is 2.43. The number of aromatic nitrogens is 3. The third-order valence-corrected chi connectivity index (χ3v) is 5.16. The van der Waals surface area contributed by atoms with Gasteiger partial charge in [-0.25, -0.2) is 15.0 Å². The summed E-state index contributed by atoms with van der Waals surface area (Å²) in [6.07, 6.45) is 4.44. The van der Waals surface area contributed by atoms with E-state index in [1.54, 1.807) is 18.2 Å². The van der Waals surface area contributed by atoms with E-state index in [0.29, 0.717) is 29.8 Å². The highest BCUT2D eigenvalue weighted by Gasteiger charge is 2.16. The summed E-state index contributed by atoms with van der Waals surface area (Å²) < 4.78 is 6.05. The molecule has 0 amide bonds. The van der Waals surface area contributed by atoms with Gasteiger partial charge in [0.1, 0.15) is 11.5 Å². The Kier molecular flexibility index (Phi) is 7.08. The van der Waals surface area contributed by atoms with Gasteiger partial charge in [0.05, 0.1) is 12.2 Å². The minimum absolute atomic E-state index is 0.151. The van der Waals surface area contributed by atoms with Crippen LogP contribution in [0.4, 0.5) is 0 Å². The smallest absolute Gasteiger partial charge is 0.167 e. The number of phenolic OH excluding ortho intramolecular Hbond substituents is 1. The molecule has 5 nitrogen and oxygen atoms in total. The molecule has 4 aromatic rings. The zero-order chi connectivity index (χ0) is 22.2. The van der Waals surface area contributed by atoms with Gasteiger partial charge in [-0.3, -0.25) is 0 Å². The molecule has 0 bridgehead atoms. The Morgan fingerprint density at radius 1 is 0.688 bits per heavy atom. The molecular formula is C27H27N3O2. The van der Waals surface area contributed by atoms with Crippen LogP contribution in [-0.4, -0.2) is 26.7 Å². The average Bonchev–Trinajstić information content (AvgIpc) is 2.85. The first-order valence-corrected chi connectivity index (χ1v) is 11.1. The molecule has 0 spiro atoms. The summed E-state index contributed by atoms with van der Waals surface area (Å²) in [5, 5.41) is 10.1. The molecule has 0 atom stereocenters. The number of hydrogen-bond donors (Lipinski definition) is 1. The van der Waals surface area contributed by atoms with Gasteiger partial charge in [-0.05, 0) is 18.6 Å². The van der Waals surface area contributed by atoms with Gasteiger partial charge in [0, 0.05) is 17.2 Å². The summed E-state index contributed by atoms with van der Waals surface area (Å²) >= 11 is 0. The molecule has 1 heterocycles. The minimum Gasteiger partial charge on any atom is -0.508 e. The van der Waals surface area contributed by atoms with Crippen LogP contribution in [0.2, 0.25) is 0 Å². The average molecular weight is 426 g/mol. The molecule has 162 valence electrons. The predicted molar refractivity (Wildman–Crippen MR) is 127 cm³/mol. The molecule has 0 aliphatic rings. The highest BCUT2D eigenvalue weighted by Crippen LogP contribution is 2.33. The summed E-state index contributed by atoms with van der Waals surface area (Å²) in [6.45, 7) is 2.77. The number of benzene rings is 3. The molecule has 0 aliphatic heterocycles. The van der Waals surface area contributed by atoms with Crippen molar-refractivity contribution in [1.29, 1.82) is 0 Å². The Balaban J connectivity index is 1.76. The molecule has 0 fully saturated rings. The second-order valence-electron chi connectivity index (χ2n) is 7.63. The van der Waals surface area contributed by atoms with E-state index in [1.165, 1.54) is 12.8 Å². The molecule has 0 aliphatic carbocycles. The van der Waals surface area contributed by atoms with E-state index in [2.05, 4.69) is 6.92 Å². The largest absolute Gasteiger partial charge is 0.508 e. The van der Waals surface area contributed by atoms with Gasteiger partial charge < -0.3 is 9.84 Å².